The number of carbonyl (C=O) groups is 2. The third-order valence-corrected chi connectivity index (χ3v) is 5.94. The van der Waals surface area contributed by atoms with Crippen LogP contribution in [0.3, 0.4) is 0 Å². The first-order valence-electron chi connectivity index (χ1n) is 9.79. The van der Waals surface area contributed by atoms with Gasteiger partial charge in [-0.25, -0.2) is 14.7 Å². The summed E-state index contributed by atoms with van der Waals surface area (Å²) >= 11 is 0. The fraction of sp³-hybridized carbons (Fsp3) is 0.550. The molecular weight excluding hydrogens is 342 g/mol. The van der Waals surface area contributed by atoms with E-state index in [1.54, 1.807) is 12.1 Å². The van der Waals surface area contributed by atoms with Crippen LogP contribution >= 0.6 is 0 Å². The molecule has 0 radical (unpaired) electrons. The van der Waals surface area contributed by atoms with E-state index in [-0.39, 0.29) is 17.9 Å². The lowest BCUT2D eigenvalue weighted by atomic mass is 9.96. The van der Waals surface area contributed by atoms with Gasteiger partial charge in [0.2, 0.25) is 0 Å². The Hall–Kier alpha value is -2.57. The number of nitrogens with zero attached hydrogens (tertiary/aromatic N) is 2. The highest BCUT2D eigenvalue weighted by Crippen LogP contribution is 2.43. The Bertz CT molecular complexity index is 765. The number of nitrogens with one attached hydrogen (secondary N) is 2. The van der Waals surface area contributed by atoms with Crippen molar-refractivity contribution in [1.82, 2.24) is 10.6 Å². The number of aliphatic imine (C=N–C) groups is 1. The van der Waals surface area contributed by atoms with Crippen molar-refractivity contribution < 1.29 is 9.59 Å². The van der Waals surface area contributed by atoms with Crippen LogP contribution in [0.2, 0.25) is 0 Å². The molecule has 0 spiro atoms. The number of carbonyl (C=O) groups excluding carboxylic acids is 2. The Morgan fingerprint density at radius 3 is 2.52 bits per heavy atom. The Morgan fingerprint density at radius 2 is 1.89 bits per heavy atom. The summed E-state index contributed by atoms with van der Waals surface area (Å²) < 4.78 is 0. The van der Waals surface area contributed by atoms with Crippen LogP contribution in [0, 0.1) is 5.92 Å². The molecule has 1 heterocycles. The zero-order valence-corrected chi connectivity index (χ0v) is 15.7. The van der Waals surface area contributed by atoms with Crippen molar-refractivity contribution in [3.63, 3.8) is 0 Å². The molecule has 2 aliphatic carbocycles. The van der Waals surface area contributed by atoms with Crippen molar-refractivity contribution in [3.05, 3.63) is 29.8 Å². The van der Waals surface area contributed by atoms with Crippen molar-refractivity contribution in [2.24, 2.45) is 16.6 Å². The summed E-state index contributed by atoms with van der Waals surface area (Å²) in [5.41, 5.74) is 6.77. The predicted octanol–water partition coefficient (Wildman–Crippen LogP) is 2.26. The Morgan fingerprint density at radius 1 is 1.22 bits per heavy atom. The van der Waals surface area contributed by atoms with E-state index in [4.69, 9.17) is 5.73 Å². The molecule has 1 aromatic rings. The minimum Gasteiger partial charge on any atom is -0.370 e. The average molecular weight is 369 g/mol. The van der Waals surface area contributed by atoms with Gasteiger partial charge < -0.3 is 16.4 Å². The van der Waals surface area contributed by atoms with Crippen LogP contribution in [-0.4, -0.2) is 29.5 Å². The largest absolute Gasteiger partial charge is 0.370 e. The van der Waals surface area contributed by atoms with Crippen LogP contribution < -0.4 is 21.3 Å². The number of rotatable bonds is 5. The van der Waals surface area contributed by atoms with E-state index >= 15 is 0 Å². The van der Waals surface area contributed by atoms with Crippen LogP contribution in [0.25, 0.3) is 0 Å². The Kier molecular flexibility index (Phi) is 4.53. The van der Waals surface area contributed by atoms with Gasteiger partial charge in [-0.15, -0.1) is 0 Å². The summed E-state index contributed by atoms with van der Waals surface area (Å²) in [5.74, 6) is 0.564. The number of guanidine groups is 1. The molecule has 1 aromatic carbocycles. The molecule has 7 heteroatoms. The standard InChI is InChI=1S/C20H27N5O2/c1-20(14-8-9-14)17(26)25(19(27)24-20)16-10-6-13(7-11-16)12-22-18(21)23-15-4-2-3-5-15/h6-7,10-11,14-15H,2-5,8-9,12H2,1H3,(H,24,27)(H3,21,22,23). The first kappa shape index (κ1) is 17.8. The van der Waals surface area contributed by atoms with Crippen molar-refractivity contribution in [3.8, 4) is 0 Å². The normalized spacial score (nSPS) is 26.6. The van der Waals surface area contributed by atoms with Gasteiger partial charge in [0.25, 0.3) is 5.91 Å². The maximum absolute atomic E-state index is 12.8. The molecular formula is C20H27N5O2. The fourth-order valence-electron chi connectivity index (χ4n) is 4.08. The minimum absolute atomic E-state index is 0.161. The lowest BCUT2D eigenvalue weighted by Gasteiger charge is -2.21. The molecule has 7 nitrogen and oxygen atoms in total. The zero-order valence-electron chi connectivity index (χ0n) is 15.7. The second kappa shape index (κ2) is 6.87. The van der Waals surface area contributed by atoms with E-state index in [0.29, 0.717) is 24.2 Å². The van der Waals surface area contributed by atoms with Gasteiger partial charge >= 0.3 is 6.03 Å². The lowest BCUT2D eigenvalue weighted by molar-refractivity contribution is -0.122. The molecule has 3 fully saturated rings. The van der Waals surface area contributed by atoms with Gasteiger partial charge in [0.05, 0.1) is 12.2 Å². The third-order valence-electron chi connectivity index (χ3n) is 5.94. The molecule has 0 bridgehead atoms. The summed E-state index contributed by atoms with van der Waals surface area (Å²) in [7, 11) is 0. The number of amides is 3. The van der Waals surface area contributed by atoms with Crippen LogP contribution in [0.15, 0.2) is 29.3 Å². The van der Waals surface area contributed by atoms with E-state index in [2.05, 4.69) is 15.6 Å². The fourth-order valence-corrected chi connectivity index (χ4v) is 4.08. The van der Waals surface area contributed by atoms with Crippen molar-refractivity contribution >= 4 is 23.6 Å². The molecule has 3 amide bonds. The van der Waals surface area contributed by atoms with Gasteiger partial charge in [-0.05, 0) is 56.2 Å². The molecule has 4 N–H and O–H groups in total. The molecule has 144 valence electrons. The maximum atomic E-state index is 12.8. The second-order valence-electron chi connectivity index (χ2n) is 8.04. The molecule has 1 atom stereocenters. The molecule has 4 rings (SSSR count). The van der Waals surface area contributed by atoms with Crippen molar-refractivity contribution in [2.75, 3.05) is 4.90 Å². The predicted molar refractivity (Wildman–Crippen MR) is 104 cm³/mol. The summed E-state index contributed by atoms with van der Waals surface area (Å²) in [4.78, 5) is 30.8. The van der Waals surface area contributed by atoms with Gasteiger partial charge in [-0.1, -0.05) is 25.0 Å². The number of anilines is 1. The summed E-state index contributed by atoms with van der Waals surface area (Å²) in [6.07, 6.45) is 6.77. The molecule has 1 saturated heterocycles. The summed E-state index contributed by atoms with van der Waals surface area (Å²) in [6.45, 7) is 2.29. The molecule has 3 aliphatic rings. The maximum Gasteiger partial charge on any atom is 0.329 e. The molecule has 27 heavy (non-hydrogen) atoms. The SMILES string of the molecule is CC1(C2CC2)NC(=O)N(c2ccc(CN=C(N)NC3CCCC3)cc2)C1=O. The van der Waals surface area contributed by atoms with Gasteiger partial charge in [-0.2, -0.15) is 0 Å². The van der Waals surface area contributed by atoms with E-state index < -0.39 is 5.54 Å². The molecule has 0 aromatic heterocycles. The zero-order chi connectivity index (χ0) is 19.0. The lowest BCUT2D eigenvalue weighted by Crippen LogP contribution is -2.46. The Labute approximate surface area is 159 Å². The number of nitrogens with two attached hydrogens (primary N) is 1. The summed E-state index contributed by atoms with van der Waals surface area (Å²) in [5, 5.41) is 6.13. The van der Waals surface area contributed by atoms with Gasteiger partial charge in [0.15, 0.2) is 5.96 Å². The molecule has 2 saturated carbocycles. The second-order valence-corrected chi connectivity index (χ2v) is 8.04. The molecule has 1 aliphatic heterocycles. The van der Waals surface area contributed by atoms with Crippen LogP contribution in [0.1, 0.15) is 51.0 Å². The van der Waals surface area contributed by atoms with Gasteiger partial charge in [-0.3, -0.25) is 4.79 Å². The number of hydrogen-bond donors (Lipinski definition) is 3. The van der Waals surface area contributed by atoms with Crippen LogP contribution in [-0.2, 0) is 11.3 Å². The highest BCUT2D eigenvalue weighted by atomic mass is 16.2. The van der Waals surface area contributed by atoms with E-state index in [0.717, 1.165) is 31.2 Å². The number of benzene rings is 1. The smallest absolute Gasteiger partial charge is 0.329 e. The van der Waals surface area contributed by atoms with E-state index in [9.17, 15) is 9.59 Å². The highest BCUT2D eigenvalue weighted by molar-refractivity contribution is 6.23. The minimum atomic E-state index is -0.763. The first-order chi connectivity index (χ1) is 13.0. The van der Waals surface area contributed by atoms with E-state index in [1.807, 2.05) is 19.1 Å². The third kappa shape index (κ3) is 3.50. The highest BCUT2D eigenvalue weighted by Gasteiger charge is 2.56. The van der Waals surface area contributed by atoms with Crippen LogP contribution in [0.5, 0.6) is 0 Å². The average Bonchev–Trinajstić information content (AvgIpc) is 3.34. The first-order valence-corrected chi connectivity index (χ1v) is 9.79. The molecule has 1 unspecified atom stereocenters. The Balaban J connectivity index is 1.40. The van der Waals surface area contributed by atoms with Crippen molar-refractivity contribution in [1.29, 1.82) is 0 Å². The topological polar surface area (TPSA) is 99.8 Å². The number of hydrogen-bond acceptors (Lipinski definition) is 3. The van der Waals surface area contributed by atoms with Gasteiger partial charge in [0.1, 0.15) is 5.54 Å². The monoisotopic (exact) mass is 369 g/mol. The van der Waals surface area contributed by atoms with Crippen molar-refractivity contribution in [2.45, 2.75) is 63.6 Å². The summed E-state index contributed by atoms with van der Waals surface area (Å²) in [6, 6.07) is 7.45. The van der Waals surface area contributed by atoms with Crippen LogP contribution in [0.4, 0.5) is 10.5 Å². The number of urea groups is 1. The quantitative estimate of drug-likeness (QED) is 0.421. The van der Waals surface area contributed by atoms with Gasteiger partial charge in [0, 0.05) is 6.04 Å². The number of imide groups is 1. The van der Waals surface area contributed by atoms with E-state index in [1.165, 1.54) is 17.7 Å².